The van der Waals surface area contributed by atoms with E-state index in [1.165, 1.54) is 0 Å². The Kier molecular flexibility index (Phi) is 4.18. The molecule has 98 valence electrons. The number of amides is 1. The highest BCUT2D eigenvalue weighted by atomic mass is 16.3. The number of carbonyl (C=O) groups excluding carboxylic acids is 1. The second-order valence-electron chi connectivity index (χ2n) is 4.42. The van der Waals surface area contributed by atoms with Crippen LogP contribution in [0.25, 0.3) is 0 Å². The lowest BCUT2D eigenvalue weighted by Crippen LogP contribution is -2.12. The van der Waals surface area contributed by atoms with Crippen molar-refractivity contribution in [2.24, 2.45) is 0 Å². The molecule has 2 aromatic rings. The normalized spacial score (nSPS) is 10.2. The number of benzene rings is 2. The van der Waals surface area contributed by atoms with E-state index in [4.69, 9.17) is 0 Å². The van der Waals surface area contributed by atoms with E-state index in [1.807, 2.05) is 36.4 Å². The first-order valence-corrected chi connectivity index (χ1v) is 6.39. The van der Waals surface area contributed by atoms with Gasteiger partial charge in [0.2, 0.25) is 0 Å². The van der Waals surface area contributed by atoms with Crippen molar-refractivity contribution < 1.29 is 9.90 Å². The van der Waals surface area contributed by atoms with Crippen LogP contribution in [0.3, 0.4) is 0 Å². The molecule has 0 spiro atoms. The molecule has 0 saturated heterocycles. The molecule has 0 saturated carbocycles. The number of aryl methyl sites for hydroxylation is 1. The monoisotopic (exact) mass is 255 g/mol. The van der Waals surface area contributed by atoms with Gasteiger partial charge < -0.3 is 10.4 Å². The fraction of sp³-hybridized carbons (Fsp3) is 0.188. The molecule has 3 heteroatoms. The highest BCUT2D eigenvalue weighted by Crippen LogP contribution is 2.21. The molecule has 3 nitrogen and oxygen atoms in total. The number of aromatic hydroxyl groups is 1. The van der Waals surface area contributed by atoms with Crippen LogP contribution >= 0.6 is 0 Å². The molecule has 19 heavy (non-hydrogen) atoms. The van der Waals surface area contributed by atoms with Crippen LogP contribution in [0.5, 0.6) is 5.75 Å². The summed E-state index contributed by atoms with van der Waals surface area (Å²) in [6.07, 6.45) is 1.90. The molecule has 0 fully saturated rings. The quantitative estimate of drug-likeness (QED) is 0.877. The van der Waals surface area contributed by atoms with Gasteiger partial charge in [-0.05, 0) is 36.2 Å². The van der Waals surface area contributed by atoms with Crippen LogP contribution < -0.4 is 5.32 Å². The van der Waals surface area contributed by atoms with Crippen molar-refractivity contribution in [2.45, 2.75) is 19.8 Å². The summed E-state index contributed by atoms with van der Waals surface area (Å²) in [4.78, 5) is 12.1. The average molecular weight is 255 g/mol. The molecule has 0 bridgehead atoms. The smallest absolute Gasteiger partial charge is 0.259 e. The van der Waals surface area contributed by atoms with E-state index < -0.39 is 0 Å². The van der Waals surface area contributed by atoms with E-state index in [2.05, 4.69) is 12.2 Å². The average Bonchev–Trinajstić information content (AvgIpc) is 2.42. The summed E-state index contributed by atoms with van der Waals surface area (Å²) in [5.41, 5.74) is 2.08. The molecule has 0 aliphatic heterocycles. The summed E-state index contributed by atoms with van der Waals surface area (Å²) in [5.74, 6) is -0.282. The molecule has 2 aromatic carbocycles. The minimum Gasteiger partial charge on any atom is -0.507 e. The van der Waals surface area contributed by atoms with Crippen LogP contribution in [-0.2, 0) is 6.42 Å². The summed E-state index contributed by atoms with van der Waals surface area (Å²) < 4.78 is 0. The molecule has 0 aliphatic carbocycles. The summed E-state index contributed by atoms with van der Waals surface area (Å²) in [6.45, 7) is 2.08. The molecule has 0 radical (unpaired) electrons. The molecule has 0 heterocycles. The predicted molar refractivity (Wildman–Crippen MR) is 76.5 cm³/mol. The molecule has 0 unspecified atom stereocenters. The maximum absolute atomic E-state index is 12.1. The Morgan fingerprint density at radius 2 is 1.89 bits per heavy atom. The Morgan fingerprint density at radius 1 is 1.16 bits per heavy atom. The predicted octanol–water partition coefficient (Wildman–Crippen LogP) is 3.60. The van der Waals surface area contributed by atoms with Gasteiger partial charge in [0, 0.05) is 5.69 Å². The minimum atomic E-state index is -0.290. The van der Waals surface area contributed by atoms with E-state index in [-0.39, 0.29) is 11.7 Å². The Hall–Kier alpha value is -2.29. The second kappa shape index (κ2) is 6.05. The zero-order valence-corrected chi connectivity index (χ0v) is 10.9. The number of hydrogen-bond donors (Lipinski definition) is 2. The summed E-state index contributed by atoms with van der Waals surface area (Å²) in [7, 11) is 0. The largest absolute Gasteiger partial charge is 0.507 e. The third-order valence-corrected chi connectivity index (χ3v) is 2.88. The molecule has 0 aliphatic rings. The van der Waals surface area contributed by atoms with Gasteiger partial charge in [0.1, 0.15) is 5.75 Å². The van der Waals surface area contributed by atoms with E-state index >= 15 is 0 Å². The number of nitrogens with one attached hydrogen (secondary N) is 1. The van der Waals surface area contributed by atoms with Crippen molar-refractivity contribution in [1.29, 1.82) is 0 Å². The van der Waals surface area contributed by atoms with Crippen molar-refractivity contribution in [3.05, 3.63) is 59.7 Å². The van der Waals surface area contributed by atoms with Crippen LogP contribution in [0.4, 0.5) is 5.69 Å². The van der Waals surface area contributed by atoms with Crippen LogP contribution in [0.2, 0.25) is 0 Å². The van der Waals surface area contributed by atoms with Crippen molar-refractivity contribution in [3.63, 3.8) is 0 Å². The molecular formula is C16H17NO2. The fourth-order valence-electron chi connectivity index (χ4n) is 1.93. The fourth-order valence-corrected chi connectivity index (χ4v) is 1.93. The molecule has 2 N–H and O–H groups in total. The highest BCUT2D eigenvalue weighted by molar-refractivity contribution is 6.06. The maximum atomic E-state index is 12.1. The standard InChI is InChI=1S/C16H17NO2/c1-2-6-12-9-10-15(18)14(11-12)16(19)17-13-7-4-3-5-8-13/h3-5,7-11,18H,2,6H2,1H3,(H,17,19). The molecule has 0 aromatic heterocycles. The number of para-hydroxylation sites is 1. The van der Waals surface area contributed by atoms with E-state index in [9.17, 15) is 9.90 Å². The Morgan fingerprint density at radius 3 is 2.58 bits per heavy atom. The van der Waals surface area contributed by atoms with Gasteiger partial charge in [0.05, 0.1) is 5.56 Å². The zero-order chi connectivity index (χ0) is 13.7. The first-order chi connectivity index (χ1) is 9.20. The lowest BCUT2D eigenvalue weighted by atomic mass is 10.1. The summed E-state index contributed by atoms with van der Waals surface area (Å²) in [6, 6.07) is 14.4. The van der Waals surface area contributed by atoms with Gasteiger partial charge in [-0.15, -0.1) is 0 Å². The number of phenolic OH excluding ortho intramolecular Hbond substituents is 1. The summed E-state index contributed by atoms with van der Waals surface area (Å²) >= 11 is 0. The number of anilines is 1. The maximum Gasteiger partial charge on any atom is 0.259 e. The van der Waals surface area contributed by atoms with Crippen molar-refractivity contribution in [1.82, 2.24) is 0 Å². The first kappa shape index (κ1) is 13.1. The second-order valence-corrected chi connectivity index (χ2v) is 4.42. The van der Waals surface area contributed by atoms with E-state index in [1.54, 1.807) is 12.1 Å². The lowest BCUT2D eigenvalue weighted by Gasteiger charge is -2.08. The topological polar surface area (TPSA) is 49.3 Å². The van der Waals surface area contributed by atoms with Gasteiger partial charge in [0.15, 0.2) is 0 Å². The zero-order valence-electron chi connectivity index (χ0n) is 10.9. The number of phenols is 1. The molecule has 2 rings (SSSR count). The van der Waals surface area contributed by atoms with Gasteiger partial charge in [-0.1, -0.05) is 37.6 Å². The molecule has 0 atom stereocenters. The van der Waals surface area contributed by atoms with Gasteiger partial charge >= 0.3 is 0 Å². The van der Waals surface area contributed by atoms with Gasteiger partial charge in [-0.3, -0.25) is 4.79 Å². The van der Waals surface area contributed by atoms with E-state index in [0.717, 1.165) is 18.4 Å². The Bertz CT molecular complexity index is 564. The highest BCUT2D eigenvalue weighted by Gasteiger charge is 2.11. The van der Waals surface area contributed by atoms with Gasteiger partial charge in [0.25, 0.3) is 5.91 Å². The molecular weight excluding hydrogens is 238 g/mol. The molecule has 1 amide bonds. The number of hydrogen-bond acceptors (Lipinski definition) is 2. The number of rotatable bonds is 4. The van der Waals surface area contributed by atoms with Crippen molar-refractivity contribution >= 4 is 11.6 Å². The van der Waals surface area contributed by atoms with E-state index in [0.29, 0.717) is 11.3 Å². The van der Waals surface area contributed by atoms with Crippen LogP contribution in [0.15, 0.2) is 48.5 Å². The van der Waals surface area contributed by atoms with Crippen LogP contribution in [-0.4, -0.2) is 11.0 Å². The van der Waals surface area contributed by atoms with Gasteiger partial charge in [-0.25, -0.2) is 0 Å². The van der Waals surface area contributed by atoms with Gasteiger partial charge in [-0.2, -0.15) is 0 Å². The number of carbonyl (C=O) groups is 1. The Balaban J connectivity index is 2.21. The van der Waals surface area contributed by atoms with Crippen molar-refractivity contribution in [2.75, 3.05) is 5.32 Å². The van der Waals surface area contributed by atoms with Crippen LogP contribution in [0, 0.1) is 0 Å². The summed E-state index contributed by atoms with van der Waals surface area (Å²) in [5, 5.41) is 12.6. The SMILES string of the molecule is CCCc1ccc(O)c(C(=O)Nc2ccccc2)c1. The minimum absolute atomic E-state index is 0.00767. The first-order valence-electron chi connectivity index (χ1n) is 6.39. The van der Waals surface area contributed by atoms with Crippen LogP contribution in [0.1, 0.15) is 29.3 Å². The third-order valence-electron chi connectivity index (χ3n) is 2.88. The lowest BCUT2D eigenvalue weighted by molar-refractivity contribution is 0.102. The Labute approximate surface area is 112 Å². The third kappa shape index (κ3) is 3.35. The van der Waals surface area contributed by atoms with Crippen molar-refractivity contribution in [3.8, 4) is 5.75 Å².